The molecule has 2 heterocycles. The Bertz CT molecular complexity index is 912. The highest BCUT2D eigenvalue weighted by Gasteiger charge is 2.09. The lowest BCUT2D eigenvalue weighted by Gasteiger charge is -2.14. The van der Waals surface area contributed by atoms with Crippen molar-refractivity contribution in [2.75, 3.05) is 19.2 Å². The molecule has 27 heavy (non-hydrogen) atoms. The van der Waals surface area contributed by atoms with Crippen molar-refractivity contribution in [3.05, 3.63) is 80.6 Å². The van der Waals surface area contributed by atoms with Crippen LogP contribution in [-0.2, 0) is 17.8 Å². The van der Waals surface area contributed by atoms with Crippen molar-refractivity contribution in [3.8, 4) is 0 Å². The predicted molar refractivity (Wildman–Crippen MR) is 109 cm³/mol. The fourth-order valence-electron chi connectivity index (χ4n) is 2.53. The zero-order valence-electron chi connectivity index (χ0n) is 15.1. The summed E-state index contributed by atoms with van der Waals surface area (Å²) in [6.07, 6.45) is 2.37. The van der Waals surface area contributed by atoms with Crippen LogP contribution >= 0.6 is 22.9 Å². The lowest BCUT2D eigenvalue weighted by atomic mass is 10.1. The van der Waals surface area contributed by atoms with E-state index in [0.29, 0.717) is 17.9 Å². The Morgan fingerprint density at radius 2 is 2.04 bits per heavy atom. The highest BCUT2D eigenvalue weighted by atomic mass is 35.5. The standard InChI is InChI=1S/C20H20ClN3O2S/c1-24(26-2)19-9-6-15(12-22-19)20(25)23-13-18-8-7-17(27-18)11-14-4-3-5-16(21)10-14/h3-10,12H,11,13H2,1-2H3,(H,23,25). The number of carbonyl (C=O) groups is 1. The number of amides is 1. The number of carbonyl (C=O) groups excluding carboxylic acids is 1. The molecule has 0 saturated heterocycles. The molecule has 0 spiro atoms. The van der Waals surface area contributed by atoms with Gasteiger partial charge in [0.2, 0.25) is 0 Å². The van der Waals surface area contributed by atoms with Gasteiger partial charge < -0.3 is 5.32 Å². The molecule has 140 valence electrons. The van der Waals surface area contributed by atoms with Crippen LogP contribution in [0.25, 0.3) is 0 Å². The van der Waals surface area contributed by atoms with E-state index in [-0.39, 0.29) is 5.91 Å². The predicted octanol–water partition coefficient (Wildman–Crippen LogP) is 4.31. The van der Waals surface area contributed by atoms with Crippen molar-refractivity contribution in [1.82, 2.24) is 10.3 Å². The average Bonchev–Trinajstić information content (AvgIpc) is 3.13. The fraction of sp³-hybridized carbons (Fsp3) is 0.200. The number of pyridine rings is 1. The minimum Gasteiger partial charge on any atom is -0.347 e. The Kier molecular flexibility index (Phi) is 6.45. The van der Waals surface area contributed by atoms with Crippen molar-refractivity contribution in [3.63, 3.8) is 0 Å². The number of benzene rings is 1. The maximum absolute atomic E-state index is 12.3. The lowest BCUT2D eigenvalue weighted by molar-refractivity contribution is 0.0951. The van der Waals surface area contributed by atoms with Crippen LogP contribution in [0.5, 0.6) is 0 Å². The topological polar surface area (TPSA) is 54.5 Å². The molecule has 1 amide bonds. The van der Waals surface area contributed by atoms with E-state index in [0.717, 1.165) is 16.3 Å². The van der Waals surface area contributed by atoms with E-state index < -0.39 is 0 Å². The van der Waals surface area contributed by atoms with E-state index in [1.165, 1.54) is 15.5 Å². The molecule has 0 saturated carbocycles. The summed E-state index contributed by atoms with van der Waals surface area (Å²) < 4.78 is 0. The maximum Gasteiger partial charge on any atom is 0.253 e. The van der Waals surface area contributed by atoms with E-state index in [1.807, 2.05) is 24.3 Å². The SMILES string of the molecule is CON(C)c1ccc(C(=O)NCc2ccc(Cc3cccc(Cl)c3)s2)cn1. The van der Waals surface area contributed by atoms with Gasteiger partial charge in [0.05, 0.1) is 19.2 Å². The van der Waals surface area contributed by atoms with Gasteiger partial charge in [-0.15, -0.1) is 11.3 Å². The van der Waals surface area contributed by atoms with E-state index in [1.54, 1.807) is 43.8 Å². The smallest absolute Gasteiger partial charge is 0.253 e. The Morgan fingerprint density at radius 1 is 1.22 bits per heavy atom. The summed E-state index contributed by atoms with van der Waals surface area (Å²) in [7, 11) is 3.31. The highest BCUT2D eigenvalue weighted by molar-refractivity contribution is 7.12. The Morgan fingerprint density at radius 3 is 2.74 bits per heavy atom. The first-order valence-electron chi connectivity index (χ1n) is 8.39. The van der Waals surface area contributed by atoms with Crippen molar-refractivity contribution >= 4 is 34.7 Å². The van der Waals surface area contributed by atoms with Gasteiger partial charge in [0.1, 0.15) is 0 Å². The number of nitrogens with zero attached hydrogens (tertiary/aromatic N) is 2. The molecule has 0 aliphatic rings. The molecule has 0 aliphatic heterocycles. The molecule has 7 heteroatoms. The van der Waals surface area contributed by atoms with Gasteiger partial charge >= 0.3 is 0 Å². The summed E-state index contributed by atoms with van der Waals surface area (Å²) in [6, 6.07) is 15.5. The number of anilines is 1. The summed E-state index contributed by atoms with van der Waals surface area (Å²) in [6.45, 7) is 0.485. The van der Waals surface area contributed by atoms with Crippen LogP contribution in [0.2, 0.25) is 5.02 Å². The van der Waals surface area contributed by atoms with Gasteiger partial charge in [-0.25, -0.2) is 10.0 Å². The molecular weight excluding hydrogens is 382 g/mol. The monoisotopic (exact) mass is 401 g/mol. The molecule has 1 aromatic carbocycles. The van der Waals surface area contributed by atoms with Gasteiger partial charge in [0.15, 0.2) is 5.82 Å². The second-order valence-corrected chi connectivity index (χ2v) is 7.63. The first-order chi connectivity index (χ1) is 13.0. The van der Waals surface area contributed by atoms with Crippen LogP contribution in [0.3, 0.4) is 0 Å². The largest absolute Gasteiger partial charge is 0.347 e. The number of aromatic nitrogens is 1. The zero-order valence-corrected chi connectivity index (χ0v) is 16.7. The Labute approximate surface area is 167 Å². The summed E-state index contributed by atoms with van der Waals surface area (Å²) in [5, 5.41) is 5.20. The molecule has 2 aromatic heterocycles. The normalized spacial score (nSPS) is 10.6. The van der Waals surface area contributed by atoms with Gasteiger partial charge in [0, 0.05) is 34.4 Å². The van der Waals surface area contributed by atoms with Crippen LogP contribution in [-0.4, -0.2) is 25.0 Å². The summed E-state index contributed by atoms with van der Waals surface area (Å²) >= 11 is 7.72. The van der Waals surface area contributed by atoms with Gasteiger partial charge in [0.25, 0.3) is 5.91 Å². The van der Waals surface area contributed by atoms with Gasteiger partial charge in [-0.2, -0.15) is 0 Å². The highest BCUT2D eigenvalue weighted by Crippen LogP contribution is 2.21. The van der Waals surface area contributed by atoms with E-state index in [2.05, 4.69) is 22.4 Å². The molecule has 1 N–H and O–H groups in total. The number of thiophene rings is 1. The number of hydroxylamine groups is 1. The molecule has 3 aromatic rings. The average molecular weight is 402 g/mol. The van der Waals surface area contributed by atoms with Crippen LogP contribution in [0.1, 0.15) is 25.7 Å². The van der Waals surface area contributed by atoms with E-state index >= 15 is 0 Å². The second kappa shape index (κ2) is 8.99. The van der Waals surface area contributed by atoms with Crippen molar-refractivity contribution in [2.24, 2.45) is 0 Å². The number of hydrogen-bond donors (Lipinski definition) is 1. The van der Waals surface area contributed by atoms with Crippen molar-refractivity contribution < 1.29 is 9.63 Å². The van der Waals surface area contributed by atoms with Gasteiger partial charge in [-0.05, 0) is 42.0 Å². The third-order valence-corrected chi connectivity index (χ3v) is 5.33. The van der Waals surface area contributed by atoms with Crippen LogP contribution < -0.4 is 10.4 Å². The van der Waals surface area contributed by atoms with Gasteiger partial charge in [-0.3, -0.25) is 9.63 Å². The molecule has 0 fully saturated rings. The number of hydrogen-bond acceptors (Lipinski definition) is 5. The van der Waals surface area contributed by atoms with Crippen molar-refractivity contribution in [1.29, 1.82) is 0 Å². The first kappa shape index (κ1) is 19.4. The number of rotatable bonds is 7. The van der Waals surface area contributed by atoms with E-state index in [9.17, 15) is 4.79 Å². The molecule has 5 nitrogen and oxygen atoms in total. The summed E-state index contributed by atoms with van der Waals surface area (Å²) in [4.78, 5) is 23.9. The quantitative estimate of drug-likeness (QED) is 0.599. The first-order valence-corrected chi connectivity index (χ1v) is 9.58. The maximum atomic E-state index is 12.3. The Hall–Kier alpha value is -2.41. The number of nitrogens with one attached hydrogen (secondary N) is 1. The molecule has 0 atom stereocenters. The Balaban J connectivity index is 1.55. The van der Waals surface area contributed by atoms with E-state index in [4.69, 9.17) is 16.4 Å². The molecular formula is C20H20ClN3O2S. The fourth-order valence-corrected chi connectivity index (χ4v) is 3.74. The summed E-state index contributed by atoms with van der Waals surface area (Å²) in [5.41, 5.74) is 1.69. The van der Waals surface area contributed by atoms with Crippen molar-refractivity contribution in [2.45, 2.75) is 13.0 Å². The number of halogens is 1. The molecule has 0 unspecified atom stereocenters. The molecule has 0 radical (unpaired) electrons. The zero-order chi connectivity index (χ0) is 19.2. The minimum absolute atomic E-state index is 0.154. The second-order valence-electron chi connectivity index (χ2n) is 5.94. The molecule has 0 bridgehead atoms. The minimum atomic E-state index is -0.154. The van der Waals surface area contributed by atoms with Crippen LogP contribution in [0.4, 0.5) is 5.82 Å². The summed E-state index contributed by atoms with van der Waals surface area (Å²) in [5.74, 6) is 0.483. The molecule has 3 rings (SSSR count). The van der Waals surface area contributed by atoms with Crippen LogP contribution in [0, 0.1) is 0 Å². The molecule has 0 aliphatic carbocycles. The van der Waals surface area contributed by atoms with Crippen LogP contribution in [0.15, 0.2) is 54.7 Å². The third-order valence-electron chi connectivity index (χ3n) is 4.01. The lowest BCUT2D eigenvalue weighted by Crippen LogP contribution is -2.23. The third kappa shape index (κ3) is 5.29. The van der Waals surface area contributed by atoms with Gasteiger partial charge in [-0.1, -0.05) is 23.7 Å².